The first-order valence-electron chi connectivity index (χ1n) is 8.43. The molecule has 0 amide bonds. The Balaban J connectivity index is 1.88. The van der Waals surface area contributed by atoms with E-state index in [2.05, 4.69) is 15.5 Å². The highest BCUT2D eigenvalue weighted by molar-refractivity contribution is 7.17. The molecule has 0 spiro atoms. The maximum Gasteiger partial charge on any atom is 0.350 e. The number of carbonyl (C=O) groups is 1. The lowest BCUT2D eigenvalue weighted by Gasteiger charge is -2.04. The fourth-order valence-corrected chi connectivity index (χ4v) is 3.39. The normalized spacial score (nSPS) is 10.7. The van der Waals surface area contributed by atoms with E-state index in [1.54, 1.807) is 0 Å². The van der Waals surface area contributed by atoms with Gasteiger partial charge in [-0.15, -0.1) is 0 Å². The van der Waals surface area contributed by atoms with E-state index in [9.17, 15) is 20.0 Å². The van der Waals surface area contributed by atoms with Crippen LogP contribution in [0.25, 0.3) is 11.3 Å². The number of phenols is 1. The molecule has 154 valence electrons. The van der Waals surface area contributed by atoms with Gasteiger partial charge in [-0.2, -0.15) is 5.10 Å². The lowest BCUT2D eigenvalue weighted by molar-refractivity contribution is -0.386. The predicted molar refractivity (Wildman–Crippen MR) is 111 cm³/mol. The van der Waals surface area contributed by atoms with E-state index in [4.69, 9.17) is 9.47 Å². The summed E-state index contributed by atoms with van der Waals surface area (Å²) in [6, 6.07) is 11.7. The molecule has 2 N–H and O–H groups in total. The molecule has 0 unspecified atom stereocenters. The van der Waals surface area contributed by atoms with E-state index in [0.29, 0.717) is 21.3 Å². The van der Waals surface area contributed by atoms with Gasteiger partial charge in [0.15, 0.2) is 5.75 Å². The van der Waals surface area contributed by atoms with Crippen LogP contribution in [-0.2, 0) is 4.74 Å². The number of nitrogens with zero attached hydrogens (tertiary/aromatic N) is 3. The van der Waals surface area contributed by atoms with Crippen LogP contribution in [0.4, 0.5) is 10.8 Å². The molecule has 0 saturated heterocycles. The number of methoxy groups -OCH3 is 2. The first kappa shape index (κ1) is 20.7. The third kappa shape index (κ3) is 4.36. The largest absolute Gasteiger partial charge is 0.500 e. The minimum absolute atomic E-state index is 0.0563. The molecule has 10 nitrogen and oxygen atoms in total. The zero-order chi connectivity index (χ0) is 21.7. The highest BCUT2D eigenvalue weighted by atomic mass is 32.1. The Morgan fingerprint density at radius 2 is 2.03 bits per heavy atom. The molecule has 0 aliphatic heterocycles. The summed E-state index contributed by atoms with van der Waals surface area (Å²) in [5.41, 5.74) is 3.70. The molecule has 1 aromatic heterocycles. The van der Waals surface area contributed by atoms with Crippen molar-refractivity contribution in [3.63, 3.8) is 0 Å². The third-order valence-corrected chi connectivity index (χ3v) is 4.85. The van der Waals surface area contributed by atoms with Crippen LogP contribution in [0.5, 0.6) is 11.5 Å². The SMILES string of the molecule is COC(=O)c1sc(N/N=C\c2cc(OC)c(O)c([N+](=O)[O-])c2)nc1-c1ccccc1. The summed E-state index contributed by atoms with van der Waals surface area (Å²) in [6.07, 6.45) is 1.30. The quantitative estimate of drug-likeness (QED) is 0.252. The molecule has 3 rings (SSSR count). The van der Waals surface area contributed by atoms with Gasteiger partial charge in [-0.25, -0.2) is 9.78 Å². The van der Waals surface area contributed by atoms with Crippen molar-refractivity contribution in [2.24, 2.45) is 5.10 Å². The average molecular weight is 428 g/mol. The molecule has 0 radical (unpaired) electrons. The molecule has 0 atom stereocenters. The summed E-state index contributed by atoms with van der Waals surface area (Å²) in [5.74, 6) is -1.15. The van der Waals surface area contributed by atoms with Crippen molar-refractivity contribution in [1.82, 2.24) is 4.98 Å². The number of benzene rings is 2. The van der Waals surface area contributed by atoms with Gasteiger partial charge in [-0.1, -0.05) is 41.7 Å². The van der Waals surface area contributed by atoms with Gasteiger partial charge in [0.25, 0.3) is 0 Å². The minimum Gasteiger partial charge on any atom is -0.500 e. The number of carbonyl (C=O) groups excluding carboxylic acids is 1. The topological polar surface area (TPSA) is 136 Å². The Bertz CT molecular complexity index is 1110. The Kier molecular flexibility index (Phi) is 6.23. The van der Waals surface area contributed by atoms with Crippen LogP contribution in [-0.4, -0.2) is 41.4 Å². The Labute approximate surface area is 174 Å². The number of nitro groups is 1. The molecule has 0 bridgehead atoms. The van der Waals surface area contributed by atoms with Gasteiger partial charge in [0.2, 0.25) is 10.9 Å². The van der Waals surface area contributed by atoms with Crippen molar-refractivity contribution < 1.29 is 24.3 Å². The van der Waals surface area contributed by atoms with Gasteiger partial charge in [0.05, 0.1) is 31.1 Å². The number of phenolic OH excluding ortho intramolecular Hbond substituents is 1. The van der Waals surface area contributed by atoms with Crippen molar-refractivity contribution in [3.8, 4) is 22.8 Å². The molecule has 0 aliphatic carbocycles. The summed E-state index contributed by atoms with van der Waals surface area (Å²) >= 11 is 1.06. The first-order chi connectivity index (χ1) is 14.4. The Morgan fingerprint density at radius 1 is 1.30 bits per heavy atom. The van der Waals surface area contributed by atoms with Crippen LogP contribution >= 0.6 is 11.3 Å². The molecule has 0 saturated carbocycles. The second-order valence-electron chi connectivity index (χ2n) is 5.77. The van der Waals surface area contributed by atoms with E-state index < -0.39 is 22.3 Å². The van der Waals surface area contributed by atoms with Gasteiger partial charge in [-0.3, -0.25) is 15.5 Å². The minimum atomic E-state index is -0.724. The lowest BCUT2D eigenvalue weighted by atomic mass is 10.1. The lowest BCUT2D eigenvalue weighted by Crippen LogP contribution is -2.00. The second kappa shape index (κ2) is 9.01. The Morgan fingerprint density at radius 3 is 2.67 bits per heavy atom. The number of ether oxygens (including phenoxy) is 2. The summed E-state index contributed by atoms with van der Waals surface area (Å²) < 4.78 is 9.77. The fourth-order valence-electron chi connectivity index (χ4n) is 2.54. The summed E-state index contributed by atoms with van der Waals surface area (Å²) in [4.78, 5) is 27.2. The van der Waals surface area contributed by atoms with Crippen molar-refractivity contribution in [3.05, 3.63) is 63.0 Å². The Hall–Kier alpha value is -3.99. The fraction of sp³-hybridized carbons (Fsp3) is 0.105. The van der Waals surface area contributed by atoms with E-state index in [1.807, 2.05) is 30.3 Å². The van der Waals surface area contributed by atoms with Gasteiger partial charge in [0, 0.05) is 17.2 Å². The predicted octanol–water partition coefficient (Wildman–Crippen LogP) is 3.67. The molecule has 30 heavy (non-hydrogen) atoms. The van der Waals surface area contributed by atoms with Crippen LogP contribution in [0.3, 0.4) is 0 Å². The van der Waals surface area contributed by atoms with Crippen molar-refractivity contribution >= 4 is 34.3 Å². The number of aromatic nitrogens is 1. The molecule has 11 heteroatoms. The number of hydrazone groups is 1. The van der Waals surface area contributed by atoms with E-state index >= 15 is 0 Å². The van der Waals surface area contributed by atoms with Crippen molar-refractivity contribution in [2.45, 2.75) is 0 Å². The van der Waals surface area contributed by atoms with Gasteiger partial charge >= 0.3 is 11.7 Å². The number of rotatable bonds is 7. The molecule has 1 heterocycles. The number of nitro benzene ring substituents is 1. The number of esters is 1. The van der Waals surface area contributed by atoms with Crippen molar-refractivity contribution in [2.75, 3.05) is 19.6 Å². The molecular formula is C19H16N4O6S. The van der Waals surface area contributed by atoms with Crippen LogP contribution in [0.1, 0.15) is 15.2 Å². The number of hydrogen-bond acceptors (Lipinski definition) is 10. The zero-order valence-electron chi connectivity index (χ0n) is 15.9. The van der Waals surface area contributed by atoms with Crippen molar-refractivity contribution in [1.29, 1.82) is 0 Å². The molecule has 0 fully saturated rings. The summed E-state index contributed by atoms with van der Waals surface area (Å²) in [5, 5.41) is 25.2. The van der Waals surface area contributed by atoms with Gasteiger partial charge in [0.1, 0.15) is 4.88 Å². The monoisotopic (exact) mass is 428 g/mol. The first-order valence-corrected chi connectivity index (χ1v) is 9.25. The molecule has 2 aromatic carbocycles. The van der Waals surface area contributed by atoms with Crippen LogP contribution in [0.2, 0.25) is 0 Å². The standard InChI is InChI=1S/C19H16N4O6S/c1-28-14-9-11(8-13(16(14)24)23(26)27)10-20-22-19-21-15(12-6-4-3-5-7-12)17(30-19)18(25)29-2/h3-10,24H,1-2H3,(H,21,22)/b20-10-. The van der Waals surface area contributed by atoms with E-state index in [0.717, 1.165) is 23.0 Å². The average Bonchev–Trinajstić information content (AvgIpc) is 3.18. The molecular weight excluding hydrogens is 412 g/mol. The zero-order valence-corrected chi connectivity index (χ0v) is 16.7. The molecule has 0 aliphatic rings. The second-order valence-corrected chi connectivity index (χ2v) is 6.77. The maximum atomic E-state index is 12.1. The number of thiazole rings is 1. The highest BCUT2D eigenvalue weighted by Gasteiger charge is 2.21. The number of nitrogens with one attached hydrogen (secondary N) is 1. The van der Waals surface area contributed by atoms with Crippen LogP contribution in [0.15, 0.2) is 47.6 Å². The number of hydrogen-bond donors (Lipinski definition) is 2. The number of aromatic hydroxyl groups is 1. The summed E-state index contributed by atoms with van der Waals surface area (Å²) in [7, 11) is 2.57. The van der Waals surface area contributed by atoms with E-state index in [1.165, 1.54) is 26.5 Å². The third-order valence-electron chi connectivity index (χ3n) is 3.91. The van der Waals surface area contributed by atoms with E-state index in [-0.39, 0.29) is 5.75 Å². The van der Waals surface area contributed by atoms with Crippen LogP contribution in [0, 0.1) is 10.1 Å². The molecule has 3 aromatic rings. The highest BCUT2D eigenvalue weighted by Crippen LogP contribution is 2.36. The van der Waals surface area contributed by atoms with Gasteiger partial charge < -0.3 is 14.6 Å². The maximum absolute atomic E-state index is 12.1. The van der Waals surface area contributed by atoms with Gasteiger partial charge in [-0.05, 0) is 6.07 Å². The smallest absolute Gasteiger partial charge is 0.350 e. The summed E-state index contributed by atoms with van der Waals surface area (Å²) in [6.45, 7) is 0. The van der Waals surface area contributed by atoms with Crippen LogP contribution < -0.4 is 10.2 Å². The number of anilines is 1.